The van der Waals surface area contributed by atoms with E-state index in [2.05, 4.69) is 19.6 Å². The summed E-state index contributed by atoms with van der Waals surface area (Å²) in [6.07, 6.45) is 15.3. The minimum Gasteiger partial charge on any atom is -0.339 e. The van der Waals surface area contributed by atoms with Crippen LogP contribution in [-0.4, -0.2) is 94.8 Å². The van der Waals surface area contributed by atoms with Gasteiger partial charge in [0.05, 0.1) is 5.92 Å². The van der Waals surface area contributed by atoms with E-state index in [0.29, 0.717) is 47.7 Å². The van der Waals surface area contributed by atoms with Crippen molar-refractivity contribution in [2.75, 3.05) is 39.3 Å². The molecule has 0 aliphatic carbocycles. The Bertz CT molecular complexity index is 961. The van der Waals surface area contributed by atoms with Crippen LogP contribution in [0, 0.1) is 29.6 Å². The molecule has 2 amide bonds. The molecule has 0 saturated carbocycles. The highest BCUT2D eigenvalue weighted by Crippen LogP contribution is 2.49. The Morgan fingerprint density at radius 3 is 1.89 bits per heavy atom. The largest absolute Gasteiger partial charge is 0.339 e. The van der Waals surface area contributed by atoms with Gasteiger partial charge in [0.1, 0.15) is 0 Å². The molecule has 0 aromatic carbocycles. The van der Waals surface area contributed by atoms with Gasteiger partial charge in [-0.05, 0) is 120 Å². The highest BCUT2D eigenvalue weighted by molar-refractivity contribution is 5.92. The highest BCUT2D eigenvalue weighted by Gasteiger charge is 2.54. The topological polar surface area (TPSA) is 47.1 Å². The monoisotopic (exact) mass is 492 g/mol. The molecule has 36 heavy (non-hydrogen) atoms. The van der Waals surface area contributed by atoms with Gasteiger partial charge in [-0.2, -0.15) is 0 Å². The van der Waals surface area contributed by atoms with Gasteiger partial charge in [-0.25, -0.2) is 0 Å². The number of fused-ring (bicyclic) bond motifs is 4. The number of hydrogen-bond donors (Lipinski definition) is 0. The van der Waals surface area contributed by atoms with E-state index < -0.39 is 0 Å². The molecule has 0 N–H and O–H groups in total. The molecule has 6 heteroatoms. The number of nitrogens with zero attached hydrogens (tertiary/aromatic N) is 4. The van der Waals surface area contributed by atoms with Crippen LogP contribution in [0.3, 0.4) is 0 Å². The Kier molecular flexibility index (Phi) is 5.37. The normalized spacial score (nSPS) is 46.9. The van der Waals surface area contributed by atoms with Crippen LogP contribution in [0.4, 0.5) is 0 Å². The molecule has 9 atom stereocenters. The maximum Gasteiger partial charge on any atom is 0.246 e. The van der Waals surface area contributed by atoms with Gasteiger partial charge in [-0.1, -0.05) is 5.57 Å². The van der Waals surface area contributed by atoms with Gasteiger partial charge in [0.15, 0.2) is 0 Å². The molecule has 8 rings (SSSR count). The number of carbonyl (C=O) groups is 2. The van der Waals surface area contributed by atoms with Gasteiger partial charge in [-0.15, -0.1) is 0 Å². The fourth-order valence-electron chi connectivity index (χ4n) is 10.9. The first-order chi connectivity index (χ1) is 17.7. The summed E-state index contributed by atoms with van der Waals surface area (Å²) in [5, 5.41) is 0. The molecular weight excluding hydrogens is 448 g/mol. The van der Waals surface area contributed by atoms with E-state index >= 15 is 0 Å². The summed E-state index contributed by atoms with van der Waals surface area (Å²) in [5.74, 6) is 3.13. The number of piperidine rings is 7. The molecule has 0 bridgehead atoms. The molecule has 8 aliphatic heterocycles. The standard InChI is InChI=1S/C30H44N4O2/c35-27-16-21(15-26-24-8-4-14-32-12-1-5-19(29(24)32)17-33(26)27)22-9-10-25-23-7-3-13-31-11-2-6-20(28(23)31)18-34(25)30(22)36/h16,19-20,22-26,28-29H,1-15,17-18H2. The molecule has 9 unspecified atom stereocenters. The second kappa shape index (κ2) is 8.56. The third kappa shape index (κ3) is 3.28. The van der Waals surface area contributed by atoms with E-state index in [1.165, 1.54) is 83.1 Å². The lowest BCUT2D eigenvalue weighted by atomic mass is 9.65. The van der Waals surface area contributed by atoms with Crippen LogP contribution in [0.2, 0.25) is 0 Å². The predicted octanol–water partition coefficient (Wildman–Crippen LogP) is 3.13. The third-order valence-corrected chi connectivity index (χ3v) is 12.2. The van der Waals surface area contributed by atoms with Crippen LogP contribution in [0.25, 0.3) is 0 Å². The smallest absolute Gasteiger partial charge is 0.246 e. The van der Waals surface area contributed by atoms with E-state index in [4.69, 9.17) is 0 Å². The van der Waals surface area contributed by atoms with Crippen molar-refractivity contribution in [2.45, 2.75) is 94.8 Å². The average molecular weight is 493 g/mol. The number of rotatable bonds is 1. The van der Waals surface area contributed by atoms with Crippen molar-refractivity contribution in [1.82, 2.24) is 19.6 Å². The molecule has 7 saturated heterocycles. The van der Waals surface area contributed by atoms with Gasteiger partial charge in [0, 0.05) is 43.3 Å². The molecule has 0 spiro atoms. The van der Waals surface area contributed by atoms with E-state index in [1.54, 1.807) is 0 Å². The van der Waals surface area contributed by atoms with Crippen molar-refractivity contribution in [2.24, 2.45) is 29.6 Å². The van der Waals surface area contributed by atoms with Gasteiger partial charge in [-0.3, -0.25) is 19.4 Å². The summed E-state index contributed by atoms with van der Waals surface area (Å²) in [4.78, 5) is 37.8. The molecular formula is C30H44N4O2. The van der Waals surface area contributed by atoms with Crippen LogP contribution < -0.4 is 0 Å². The minimum atomic E-state index is -0.0454. The maximum absolute atomic E-state index is 14.1. The van der Waals surface area contributed by atoms with Crippen molar-refractivity contribution in [3.8, 4) is 0 Å². The van der Waals surface area contributed by atoms with Crippen molar-refractivity contribution < 1.29 is 9.59 Å². The third-order valence-electron chi connectivity index (χ3n) is 12.2. The Balaban J connectivity index is 1.05. The van der Waals surface area contributed by atoms with E-state index in [-0.39, 0.29) is 11.8 Å². The number of hydrogen-bond acceptors (Lipinski definition) is 4. The first kappa shape index (κ1) is 22.6. The quantitative estimate of drug-likeness (QED) is 0.564. The molecule has 196 valence electrons. The first-order valence-corrected chi connectivity index (χ1v) is 15.5. The van der Waals surface area contributed by atoms with Crippen LogP contribution in [0.5, 0.6) is 0 Å². The van der Waals surface area contributed by atoms with E-state index in [9.17, 15) is 9.59 Å². The second-order valence-electron chi connectivity index (χ2n) is 13.6. The second-order valence-corrected chi connectivity index (χ2v) is 13.6. The first-order valence-electron chi connectivity index (χ1n) is 15.5. The van der Waals surface area contributed by atoms with E-state index in [0.717, 1.165) is 38.4 Å². The van der Waals surface area contributed by atoms with Gasteiger partial charge in [0.25, 0.3) is 0 Å². The summed E-state index contributed by atoms with van der Waals surface area (Å²) >= 11 is 0. The lowest BCUT2D eigenvalue weighted by molar-refractivity contribution is -0.155. The number of amides is 2. The van der Waals surface area contributed by atoms with Crippen molar-refractivity contribution in [3.05, 3.63) is 11.6 Å². The summed E-state index contributed by atoms with van der Waals surface area (Å²) in [6.45, 7) is 6.95. The van der Waals surface area contributed by atoms with Crippen LogP contribution in [-0.2, 0) is 9.59 Å². The molecule has 8 aliphatic rings. The number of carbonyl (C=O) groups excluding carboxylic acids is 2. The van der Waals surface area contributed by atoms with Crippen molar-refractivity contribution in [1.29, 1.82) is 0 Å². The minimum absolute atomic E-state index is 0.0454. The molecule has 6 nitrogen and oxygen atoms in total. The van der Waals surface area contributed by atoms with E-state index in [1.807, 2.05) is 6.08 Å². The van der Waals surface area contributed by atoms with Gasteiger partial charge >= 0.3 is 0 Å². The van der Waals surface area contributed by atoms with Crippen LogP contribution >= 0.6 is 0 Å². The summed E-state index contributed by atoms with van der Waals surface area (Å²) in [7, 11) is 0. The van der Waals surface area contributed by atoms with Crippen molar-refractivity contribution >= 4 is 11.8 Å². The molecule has 8 heterocycles. The zero-order chi connectivity index (χ0) is 24.0. The molecule has 7 fully saturated rings. The van der Waals surface area contributed by atoms with Gasteiger partial charge in [0.2, 0.25) is 11.8 Å². The Labute approximate surface area is 216 Å². The Hall–Kier alpha value is -1.40. The fraction of sp³-hybridized carbons (Fsp3) is 0.867. The maximum atomic E-state index is 14.1. The summed E-state index contributed by atoms with van der Waals surface area (Å²) < 4.78 is 0. The van der Waals surface area contributed by atoms with Crippen LogP contribution in [0.15, 0.2) is 11.6 Å². The van der Waals surface area contributed by atoms with Gasteiger partial charge < -0.3 is 9.80 Å². The average Bonchev–Trinajstić information content (AvgIpc) is 2.90. The zero-order valence-corrected chi connectivity index (χ0v) is 21.9. The lowest BCUT2D eigenvalue weighted by Gasteiger charge is -2.60. The SMILES string of the molecule is O=C1C=C(C2CCC3C4CCCN5CCCC(CN3C2=O)C45)CC2C3CCCN4CCCC(CN12)C34. The summed E-state index contributed by atoms with van der Waals surface area (Å²) in [6, 6.07) is 2.16. The zero-order valence-electron chi connectivity index (χ0n) is 21.9. The predicted molar refractivity (Wildman–Crippen MR) is 138 cm³/mol. The highest BCUT2D eigenvalue weighted by atomic mass is 16.2. The Morgan fingerprint density at radius 2 is 1.22 bits per heavy atom. The summed E-state index contributed by atoms with van der Waals surface area (Å²) in [5.41, 5.74) is 1.19. The molecule has 0 radical (unpaired) electrons. The Morgan fingerprint density at radius 1 is 0.639 bits per heavy atom. The lowest BCUT2D eigenvalue weighted by Crippen LogP contribution is -2.68. The molecule has 0 aromatic heterocycles. The van der Waals surface area contributed by atoms with Crippen molar-refractivity contribution in [3.63, 3.8) is 0 Å². The molecule has 0 aromatic rings. The fourth-order valence-corrected chi connectivity index (χ4v) is 10.9. The van der Waals surface area contributed by atoms with Crippen LogP contribution in [0.1, 0.15) is 70.6 Å².